The monoisotopic (exact) mass is 273 g/mol. The summed E-state index contributed by atoms with van der Waals surface area (Å²) in [5.74, 6) is -1.01. The van der Waals surface area contributed by atoms with E-state index in [1.807, 2.05) is 13.8 Å². The Morgan fingerprint density at radius 3 is 2.33 bits per heavy atom. The zero-order valence-electron chi connectivity index (χ0n) is 10.8. The van der Waals surface area contributed by atoms with Crippen LogP contribution in [-0.4, -0.2) is 22.5 Å². The summed E-state index contributed by atoms with van der Waals surface area (Å²) in [6, 6.07) is 4.52. The van der Waals surface area contributed by atoms with Crippen LogP contribution in [0, 0.1) is 11.6 Å². The summed E-state index contributed by atoms with van der Waals surface area (Å²) in [5.41, 5.74) is 0.547. The second-order valence-corrected chi connectivity index (χ2v) is 5.65. The van der Waals surface area contributed by atoms with Crippen LogP contribution in [0.2, 0.25) is 6.04 Å². The molecular formula is C13H19F2O2Si. The predicted octanol–water partition coefficient (Wildman–Crippen LogP) is 3.46. The van der Waals surface area contributed by atoms with Crippen LogP contribution in [0.1, 0.15) is 25.8 Å². The van der Waals surface area contributed by atoms with Gasteiger partial charge in [-0.1, -0.05) is 6.07 Å². The van der Waals surface area contributed by atoms with Gasteiger partial charge in [0.2, 0.25) is 0 Å². The maximum absolute atomic E-state index is 13.4. The molecule has 0 aliphatic heterocycles. The van der Waals surface area contributed by atoms with Gasteiger partial charge in [-0.2, -0.15) is 0 Å². The second-order valence-electron chi connectivity index (χ2n) is 3.83. The van der Waals surface area contributed by atoms with Crippen molar-refractivity contribution in [1.29, 1.82) is 0 Å². The standard InChI is InChI=1S/C13H19F2O2Si/c1-3-16-18(17-4-2)9-5-6-11-7-8-12(14)10-13(11)15/h7-8,10H,3-6,9H2,1-2H3. The summed E-state index contributed by atoms with van der Waals surface area (Å²) >= 11 is 0. The van der Waals surface area contributed by atoms with E-state index in [2.05, 4.69) is 0 Å². The minimum absolute atomic E-state index is 0.475. The zero-order chi connectivity index (χ0) is 13.4. The lowest BCUT2D eigenvalue weighted by molar-refractivity contribution is 0.213. The highest BCUT2D eigenvalue weighted by atomic mass is 28.3. The summed E-state index contributed by atoms with van der Waals surface area (Å²) in [7, 11) is -1.23. The Kier molecular flexibility index (Phi) is 7.08. The Labute approximate surface area is 109 Å². The lowest BCUT2D eigenvalue weighted by Crippen LogP contribution is -2.22. The lowest BCUT2D eigenvalue weighted by Gasteiger charge is -2.12. The van der Waals surface area contributed by atoms with Gasteiger partial charge in [-0.05, 0) is 44.4 Å². The Balaban J connectivity index is 2.39. The van der Waals surface area contributed by atoms with Gasteiger partial charge in [-0.25, -0.2) is 8.78 Å². The van der Waals surface area contributed by atoms with Gasteiger partial charge >= 0.3 is 9.28 Å². The fourth-order valence-electron chi connectivity index (χ4n) is 1.66. The topological polar surface area (TPSA) is 18.5 Å². The van der Waals surface area contributed by atoms with Crippen LogP contribution in [0.25, 0.3) is 0 Å². The number of halogens is 2. The third-order valence-electron chi connectivity index (χ3n) is 2.45. The van der Waals surface area contributed by atoms with Gasteiger partial charge in [0.05, 0.1) is 0 Å². The molecule has 0 saturated carbocycles. The molecule has 0 aliphatic rings. The van der Waals surface area contributed by atoms with E-state index in [4.69, 9.17) is 8.85 Å². The fourth-order valence-corrected chi connectivity index (χ4v) is 3.14. The highest BCUT2D eigenvalue weighted by Gasteiger charge is 2.14. The maximum Gasteiger partial charge on any atom is 0.384 e. The molecule has 0 bridgehead atoms. The summed E-state index contributed by atoms with van der Waals surface area (Å²) in [6.45, 7) is 5.14. The zero-order valence-corrected chi connectivity index (χ0v) is 11.8. The third kappa shape index (κ3) is 5.24. The molecule has 5 heteroatoms. The van der Waals surface area contributed by atoms with Gasteiger partial charge in [-0.3, -0.25) is 0 Å². The van der Waals surface area contributed by atoms with Crippen LogP contribution in [0.5, 0.6) is 0 Å². The average Bonchev–Trinajstić information content (AvgIpc) is 2.32. The van der Waals surface area contributed by atoms with Crippen LogP contribution in [0.4, 0.5) is 8.78 Å². The molecule has 0 amide bonds. The van der Waals surface area contributed by atoms with E-state index in [1.54, 1.807) is 0 Å². The van der Waals surface area contributed by atoms with E-state index in [-0.39, 0.29) is 0 Å². The van der Waals surface area contributed by atoms with E-state index >= 15 is 0 Å². The summed E-state index contributed by atoms with van der Waals surface area (Å²) < 4.78 is 37.1. The molecule has 0 unspecified atom stereocenters. The molecule has 0 saturated heterocycles. The minimum Gasteiger partial charge on any atom is -0.394 e. The molecule has 2 nitrogen and oxygen atoms in total. The molecule has 0 atom stereocenters. The molecule has 18 heavy (non-hydrogen) atoms. The summed E-state index contributed by atoms with van der Waals surface area (Å²) in [4.78, 5) is 0. The first-order valence-electron chi connectivity index (χ1n) is 6.22. The van der Waals surface area contributed by atoms with Crippen LogP contribution in [-0.2, 0) is 15.3 Å². The molecule has 1 aromatic rings. The number of hydrogen-bond donors (Lipinski definition) is 0. The number of hydrogen-bond acceptors (Lipinski definition) is 2. The second kappa shape index (κ2) is 8.34. The van der Waals surface area contributed by atoms with E-state index in [0.29, 0.717) is 25.2 Å². The van der Waals surface area contributed by atoms with Crippen molar-refractivity contribution in [2.75, 3.05) is 13.2 Å². The molecule has 0 heterocycles. The number of rotatable bonds is 8. The van der Waals surface area contributed by atoms with E-state index in [0.717, 1.165) is 18.5 Å². The Bertz CT molecular complexity index is 355. The van der Waals surface area contributed by atoms with E-state index in [1.165, 1.54) is 12.1 Å². The first-order valence-corrected chi connectivity index (χ1v) is 7.75. The molecular weight excluding hydrogens is 254 g/mol. The molecule has 0 spiro atoms. The Morgan fingerprint density at radius 1 is 1.11 bits per heavy atom. The van der Waals surface area contributed by atoms with Gasteiger partial charge in [0.1, 0.15) is 11.6 Å². The van der Waals surface area contributed by atoms with Crippen molar-refractivity contribution in [3.05, 3.63) is 35.4 Å². The van der Waals surface area contributed by atoms with Crippen molar-refractivity contribution < 1.29 is 17.6 Å². The smallest absolute Gasteiger partial charge is 0.384 e. The fraction of sp³-hybridized carbons (Fsp3) is 0.538. The summed E-state index contributed by atoms with van der Waals surface area (Å²) in [6.07, 6.45) is 1.37. The highest BCUT2D eigenvalue weighted by molar-refractivity contribution is 6.44. The number of aryl methyl sites for hydroxylation is 1. The number of benzene rings is 1. The van der Waals surface area contributed by atoms with Gasteiger partial charge in [0.25, 0.3) is 0 Å². The van der Waals surface area contributed by atoms with Crippen molar-refractivity contribution in [1.82, 2.24) is 0 Å². The highest BCUT2D eigenvalue weighted by Crippen LogP contribution is 2.14. The SMILES string of the molecule is CCO[Si](CCCc1ccc(F)cc1F)OCC. The normalized spacial score (nSPS) is 11.2. The van der Waals surface area contributed by atoms with Gasteiger partial charge in [0, 0.05) is 19.3 Å². The Hall–Kier alpha value is -0.783. The van der Waals surface area contributed by atoms with Crippen molar-refractivity contribution in [3.63, 3.8) is 0 Å². The van der Waals surface area contributed by atoms with Crippen molar-refractivity contribution in [2.24, 2.45) is 0 Å². The molecule has 1 aromatic carbocycles. The van der Waals surface area contributed by atoms with Gasteiger partial charge < -0.3 is 8.85 Å². The molecule has 1 radical (unpaired) electrons. The van der Waals surface area contributed by atoms with E-state index in [9.17, 15) is 8.78 Å². The summed E-state index contributed by atoms with van der Waals surface area (Å²) in [5, 5.41) is 0. The van der Waals surface area contributed by atoms with Crippen LogP contribution >= 0.6 is 0 Å². The molecule has 0 N–H and O–H groups in total. The lowest BCUT2D eigenvalue weighted by atomic mass is 10.1. The van der Waals surface area contributed by atoms with Crippen molar-refractivity contribution in [2.45, 2.75) is 32.7 Å². The Morgan fingerprint density at radius 2 is 1.78 bits per heavy atom. The molecule has 0 fully saturated rings. The average molecular weight is 273 g/mol. The first-order chi connectivity index (χ1) is 8.67. The maximum atomic E-state index is 13.4. The van der Waals surface area contributed by atoms with Crippen LogP contribution < -0.4 is 0 Å². The van der Waals surface area contributed by atoms with Gasteiger partial charge in [-0.15, -0.1) is 0 Å². The molecule has 0 aromatic heterocycles. The van der Waals surface area contributed by atoms with E-state index < -0.39 is 20.9 Å². The quantitative estimate of drug-likeness (QED) is 0.675. The van der Waals surface area contributed by atoms with Crippen molar-refractivity contribution >= 4 is 9.28 Å². The molecule has 101 valence electrons. The largest absolute Gasteiger partial charge is 0.394 e. The minimum atomic E-state index is -1.23. The van der Waals surface area contributed by atoms with Crippen LogP contribution in [0.3, 0.4) is 0 Å². The van der Waals surface area contributed by atoms with Crippen LogP contribution in [0.15, 0.2) is 18.2 Å². The van der Waals surface area contributed by atoms with Crippen molar-refractivity contribution in [3.8, 4) is 0 Å². The van der Waals surface area contributed by atoms with Gasteiger partial charge in [0.15, 0.2) is 0 Å². The molecule has 0 aliphatic carbocycles. The third-order valence-corrected chi connectivity index (χ3v) is 4.44. The first kappa shape index (κ1) is 15.3. The predicted molar refractivity (Wildman–Crippen MR) is 68.5 cm³/mol. The molecule has 1 rings (SSSR count).